The molecule has 0 heterocycles. The van der Waals surface area contributed by atoms with Gasteiger partial charge in [-0.2, -0.15) is 5.10 Å². The van der Waals surface area contributed by atoms with Crippen LogP contribution in [-0.4, -0.2) is 30.4 Å². The molecule has 0 aliphatic rings. The van der Waals surface area contributed by atoms with E-state index >= 15 is 0 Å². The van der Waals surface area contributed by atoms with E-state index in [1.165, 1.54) is 13.2 Å². The van der Waals surface area contributed by atoms with E-state index in [2.05, 4.69) is 10.5 Å². The topological polar surface area (TPSA) is 80.2 Å². The maximum atomic E-state index is 12.0. The summed E-state index contributed by atoms with van der Waals surface area (Å²) < 4.78 is 10.6. The van der Waals surface area contributed by atoms with Gasteiger partial charge in [0.15, 0.2) is 6.61 Å². The van der Waals surface area contributed by atoms with Crippen LogP contribution < -0.4 is 14.9 Å². The minimum Gasteiger partial charge on any atom is -0.507 e. The Morgan fingerprint density at radius 2 is 1.78 bits per heavy atom. The Morgan fingerprint density at radius 3 is 2.52 bits per heavy atom. The lowest BCUT2D eigenvalue weighted by Gasteiger charge is -2.08. The highest BCUT2D eigenvalue weighted by molar-refractivity contribution is 6.01. The van der Waals surface area contributed by atoms with Gasteiger partial charge in [0.1, 0.15) is 17.2 Å². The lowest BCUT2D eigenvalue weighted by Crippen LogP contribution is -2.25. The Kier molecular flexibility index (Phi) is 5.56. The maximum Gasteiger partial charge on any atom is 0.277 e. The molecule has 1 amide bonds. The van der Waals surface area contributed by atoms with Gasteiger partial charge < -0.3 is 14.6 Å². The average molecular weight is 364 g/mol. The molecule has 0 radical (unpaired) electrons. The second kappa shape index (κ2) is 8.23. The van der Waals surface area contributed by atoms with Crippen molar-refractivity contribution in [3.63, 3.8) is 0 Å². The van der Waals surface area contributed by atoms with Gasteiger partial charge in [-0.3, -0.25) is 4.79 Å². The predicted octanol–water partition coefficient (Wildman–Crippen LogP) is 3.47. The summed E-state index contributed by atoms with van der Waals surface area (Å²) in [6.45, 7) is 1.52. The van der Waals surface area contributed by atoms with E-state index in [1.54, 1.807) is 19.1 Å². The first kappa shape index (κ1) is 18.3. The van der Waals surface area contributed by atoms with Crippen molar-refractivity contribution in [3.05, 3.63) is 66.2 Å². The molecular weight excluding hydrogens is 344 g/mol. The number of rotatable bonds is 6. The molecule has 0 aliphatic heterocycles. The molecule has 0 aliphatic carbocycles. The van der Waals surface area contributed by atoms with Crippen LogP contribution in [0.1, 0.15) is 12.5 Å². The summed E-state index contributed by atoms with van der Waals surface area (Å²) in [5.41, 5.74) is 3.40. The number of hydrazone groups is 1. The summed E-state index contributed by atoms with van der Waals surface area (Å²) in [5.74, 6) is 0.780. The number of benzene rings is 3. The highest BCUT2D eigenvalue weighted by Gasteiger charge is 2.08. The second-order valence-corrected chi connectivity index (χ2v) is 5.91. The van der Waals surface area contributed by atoms with Crippen LogP contribution >= 0.6 is 0 Å². The average Bonchev–Trinajstić information content (AvgIpc) is 2.70. The third-order valence-electron chi connectivity index (χ3n) is 4.03. The molecule has 0 atom stereocenters. The third-order valence-corrected chi connectivity index (χ3v) is 4.03. The number of amides is 1. The zero-order valence-electron chi connectivity index (χ0n) is 15.1. The van der Waals surface area contributed by atoms with Gasteiger partial charge in [-0.1, -0.05) is 30.3 Å². The summed E-state index contributed by atoms with van der Waals surface area (Å²) in [5, 5.41) is 16.2. The number of aromatic hydroxyl groups is 1. The van der Waals surface area contributed by atoms with Crippen molar-refractivity contribution in [1.29, 1.82) is 0 Å². The van der Waals surface area contributed by atoms with E-state index in [4.69, 9.17) is 9.47 Å². The number of hydrogen-bond acceptors (Lipinski definition) is 5. The van der Waals surface area contributed by atoms with Crippen LogP contribution in [0.25, 0.3) is 10.8 Å². The Bertz CT molecular complexity index is 998. The number of nitrogens with zero attached hydrogens (tertiary/aromatic N) is 1. The highest BCUT2D eigenvalue weighted by Crippen LogP contribution is 2.24. The van der Waals surface area contributed by atoms with Gasteiger partial charge in [-0.05, 0) is 42.0 Å². The van der Waals surface area contributed by atoms with Gasteiger partial charge in [-0.25, -0.2) is 5.43 Å². The minimum atomic E-state index is -0.393. The molecule has 0 saturated heterocycles. The fraction of sp³-hybridized carbons (Fsp3) is 0.143. The zero-order chi connectivity index (χ0) is 19.2. The molecule has 6 nitrogen and oxygen atoms in total. The van der Waals surface area contributed by atoms with Crippen molar-refractivity contribution < 1.29 is 19.4 Å². The van der Waals surface area contributed by atoms with E-state index in [-0.39, 0.29) is 12.4 Å². The molecule has 27 heavy (non-hydrogen) atoms. The SMILES string of the molecule is COc1ccc(/C(C)=N/NC(=O)COc2ccc3ccccc3c2)c(O)c1. The molecule has 0 bridgehead atoms. The molecule has 0 fully saturated rings. The molecule has 0 spiro atoms. The number of carbonyl (C=O) groups excluding carboxylic acids is 1. The Labute approximate surface area is 157 Å². The van der Waals surface area contributed by atoms with Crippen molar-refractivity contribution >= 4 is 22.4 Å². The standard InChI is InChI=1S/C21H20N2O4/c1-14(19-10-9-17(26-2)12-20(19)24)22-23-21(25)13-27-18-8-7-15-5-3-4-6-16(15)11-18/h3-12,24H,13H2,1-2H3,(H,23,25)/b22-14+. The van der Waals surface area contributed by atoms with Crippen molar-refractivity contribution in [2.24, 2.45) is 5.10 Å². The van der Waals surface area contributed by atoms with Crippen LogP contribution in [-0.2, 0) is 4.79 Å². The third kappa shape index (κ3) is 4.55. The zero-order valence-corrected chi connectivity index (χ0v) is 15.1. The van der Waals surface area contributed by atoms with Crippen LogP contribution in [0.4, 0.5) is 0 Å². The van der Waals surface area contributed by atoms with E-state index in [0.717, 1.165) is 10.8 Å². The predicted molar refractivity (Wildman–Crippen MR) is 104 cm³/mol. The van der Waals surface area contributed by atoms with Crippen molar-refractivity contribution in [2.45, 2.75) is 6.92 Å². The summed E-state index contributed by atoms with van der Waals surface area (Å²) in [4.78, 5) is 12.0. The van der Waals surface area contributed by atoms with Crippen molar-refractivity contribution in [3.8, 4) is 17.2 Å². The van der Waals surface area contributed by atoms with E-state index in [0.29, 0.717) is 22.8 Å². The molecule has 138 valence electrons. The number of ether oxygens (including phenoxy) is 2. The summed E-state index contributed by atoms with van der Waals surface area (Å²) in [6, 6.07) is 18.4. The lowest BCUT2D eigenvalue weighted by molar-refractivity contribution is -0.123. The largest absolute Gasteiger partial charge is 0.507 e. The van der Waals surface area contributed by atoms with E-state index in [9.17, 15) is 9.90 Å². The fourth-order valence-electron chi connectivity index (χ4n) is 2.59. The molecule has 0 saturated carbocycles. The van der Waals surface area contributed by atoms with E-state index < -0.39 is 5.91 Å². The second-order valence-electron chi connectivity index (χ2n) is 5.91. The molecule has 3 aromatic carbocycles. The van der Waals surface area contributed by atoms with Gasteiger partial charge in [0.2, 0.25) is 0 Å². The Morgan fingerprint density at radius 1 is 1.04 bits per heavy atom. The molecular formula is C21H20N2O4. The number of phenolic OH excluding ortho intramolecular Hbond substituents is 1. The number of phenols is 1. The number of fused-ring (bicyclic) bond motifs is 1. The smallest absolute Gasteiger partial charge is 0.277 e. The maximum absolute atomic E-state index is 12.0. The Hall–Kier alpha value is -3.54. The van der Waals surface area contributed by atoms with Crippen molar-refractivity contribution in [2.75, 3.05) is 13.7 Å². The molecule has 3 aromatic rings. The van der Waals surface area contributed by atoms with Gasteiger partial charge in [0.05, 0.1) is 12.8 Å². The molecule has 0 unspecified atom stereocenters. The first-order valence-electron chi connectivity index (χ1n) is 8.39. The number of methoxy groups -OCH3 is 1. The van der Waals surface area contributed by atoms with Crippen molar-refractivity contribution in [1.82, 2.24) is 5.43 Å². The minimum absolute atomic E-state index is 0.0252. The first-order valence-corrected chi connectivity index (χ1v) is 8.39. The van der Waals surface area contributed by atoms with Crippen LogP contribution in [0.3, 0.4) is 0 Å². The number of nitrogens with one attached hydrogen (secondary N) is 1. The van der Waals surface area contributed by atoms with E-state index in [1.807, 2.05) is 42.5 Å². The number of carbonyl (C=O) groups is 1. The molecule has 0 aromatic heterocycles. The molecule has 3 rings (SSSR count). The Balaban J connectivity index is 1.59. The van der Waals surface area contributed by atoms with Crippen LogP contribution in [0, 0.1) is 0 Å². The molecule has 6 heteroatoms. The monoisotopic (exact) mass is 364 g/mol. The fourth-order valence-corrected chi connectivity index (χ4v) is 2.59. The summed E-state index contributed by atoms with van der Waals surface area (Å²) >= 11 is 0. The first-order chi connectivity index (χ1) is 13.1. The normalized spacial score (nSPS) is 11.3. The van der Waals surface area contributed by atoms with Crippen LogP contribution in [0.2, 0.25) is 0 Å². The quantitative estimate of drug-likeness (QED) is 0.518. The highest BCUT2D eigenvalue weighted by atomic mass is 16.5. The van der Waals surface area contributed by atoms with Gasteiger partial charge in [0.25, 0.3) is 5.91 Å². The van der Waals surface area contributed by atoms with Gasteiger partial charge in [0, 0.05) is 11.6 Å². The number of hydrogen-bond donors (Lipinski definition) is 2. The van der Waals surface area contributed by atoms with Gasteiger partial charge in [-0.15, -0.1) is 0 Å². The lowest BCUT2D eigenvalue weighted by atomic mass is 10.1. The van der Waals surface area contributed by atoms with Crippen LogP contribution in [0.5, 0.6) is 17.2 Å². The summed E-state index contributed by atoms with van der Waals surface area (Å²) in [7, 11) is 1.52. The van der Waals surface area contributed by atoms with Crippen LogP contribution in [0.15, 0.2) is 65.8 Å². The molecule has 2 N–H and O–H groups in total. The summed E-state index contributed by atoms with van der Waals surface area (Å²) in [6.07, 6.45) is 0. The van der Waals surface area contributed by atoms with Gasteiger partial charge >= 0.3 is 0 Å².